The number of hydrogen-bond acceptors (Lipinski definition) is 3. The van der Waals surface area contributed by atoms with Crippen LogP contribution in [0.4, 0.5) is 4.39 Å². The first-order valence-electron chi connectivity index (χ1n) is 8.55. The van der Waals surface area contributed by atoms with Crippen LogP contribution in [0.1, 0.15) is 37.7 Å². The molecule has 23 heavy (non-hydrogen) atoms. The summed E-state index contributed by atoms with van der Waals surface area (Å²) in [6.07, 6.45) is 4.74. The van der Waals surface area contributed by atoms with Crippen LogP contribution in [0.5, 0.6) is 0 Å². The minimum absolute atomic E-state index is 0.0693. The van der Waals surface area contributed by atoms with E-state index >= 15 is 0 Å². The number of hydrogen-bond donors (Lipinski definition) is 2. The number of aliphatic hydroxyl groups excluding tert-OH is 1. The first-order chi connectivity index (χ1) is 11.2. The molecule has 1 heterocycles. The van der Waals surface area contributed by atoms with Crippen molar-refractivity contribution in [1.29, 1.82) is 0 Å². The highest BCUT2D eigenvalue weighted by Crippen LogP contribution is 2.49. The first-order valence-corrected chi connectivity index (χ1v) is 8.55. The Morgan fingerprint density at radius 2 is 2.13 bits per heavy atom. The van der Waals surface area contributed by atoms with Crippen LogP contribution in [-0.4, -0.2) is 48.2 Å². The number of halogens is 1. The van der Waals surface area contributed by atoms with Crippen molar-refractivity contribution < 1.29 is 14.3 Å². The Hall–Kier alpha value is -1.46. The number of aliphatic hydroxyl groups is 1. The normalized spacial score (nSPS) is 23.5. The number of amides is 1. The third-order valence-electron chi connectivity index (χ3n) is 5.22. The molecule has 1 aromatic rings. The molecular formula is C18H25FN2O2. The molecule has 1 saturated carbocycles. The Morgan fingerprint density at radius 3 is 2.83 bits per heavy atom. The minimum atomic E-state index is -0.663. The minimum Gasteiger partial charge on any atom is -0.395 e. The molecule has 0 radical (unpaired) electrons. The van der Waals surface area contributed by atoms with Crippen molar-refractivity contribution in [2.45, 2.75) is 43.6 Å². The van der Waals surface area contributed by atoms with Crippen molar-refractivity contribution in [2.24, 2.45) is 0 Å². The zero-order chi connectivity index (χ0) is 16.3. The molecule has 1 aliphatic carbocycles. The highest BCUT2D eigenvalue weighted by atomic mass is 19.1. The maximum Gasteiger partial charge on any atom is 0.230 e. The fraction of sp³-hybridized carbons (Fsp3) is 0.611. The topological polar surface area (TPSA) is 52.6 Å². The van der Waals surface area contributed by atoms with Gasteiger partial charge >= 0.3 is 0 Å². The van der Waals surface area contributed by atoms with E-state index in [1.165, 1.54) is 6.07 Å². The lowest BCUT2D eigenvalue weighted by Crippen LogP contribution is -2.46. The molecule has 5 heteroatoms. The van der Waals surface area contributed by atoms with Crippen molar-refractivity contribution in [1.82, 2.24) is 10.2 Å². The molecule has 126 valence electrons. The van der Waals surface area contributed by atoms with Gasteiger partial charge in [0.2, 0.25) is 5.91 Å². The average Bonchev–Trinajstić information content (AvgIpc) is 3.37. The first kappa shape index (κ1) is 16.4. The van der Waals surface area contributed by atoms with Crippen LogP contribution in [0.15, 0.2) is 24.3 Å². The van der Waals surface area contributed by atoms with Crippen molar-refractivity contribution >= 4 is 5.91 Å². The zero-order valence-corrected chi connectivity index (χ0v) is 13.4. The fourth-order valence-electron chi connectivity index (χ4n) is 3.64. The predicted molar refractivity (Wildman–Crippen MR) is 86.6 cm³/mol. The number of carbonyl (C=O) groups is 1. The quantitative estimate of drug-likeness (QED) is 0.841. The lowest BCUT2D eigenvalue weighted by atomic mass is 9.94. The van der Waals surface area contributed by atoms with Gasteiger partial charge in [0, 0.05) is 24.7 Å². The number of piperidine rings is 1. The number of nitrogens with zero attached hydrogens (tertiary/aromatic N) is 1. The maximum absolute atomic E-state index is 14.0. The van der Waals surface area contributed by atoms with Gasteiger partial charge < -0.3 is 10.4 Å². The number of likely N-dealkylation sites (tertiary alicyclic amines) is 1. The Morgan fingerprint density at radius 1 is 1.35 bits per heavy atom. The molecule has 1 aliphatic heterocycles. The van der Waals surface area contributed by atoms with Crippen molar-refractivity contribution in [3.63, 3.8) is 0 Å². The largest absolute Gasteiger partial charge is 0.395 e. The molecule has 2 N–H and O–H groups in total. The van der Waals surface area contributed by atoms with Crippen LogP contribution in [0, 0.1) is 5.82 Å². The highest BCUT2D eigenvalue weighted by Gasteiger charge is 2.52. The summed E-state index contributed by atoms with van der Waals surface area (Å²) in [5.74, 6) is -0.364. The Labute approximate surface area is 136 Å². The van der Waals surface area contributed by atoms with E-state index in [1.54, 1.807) is 18.2 Å². The molecule has 0 unspecified atom stereocenters. The maximum atomic E-state index is 14.0. The molecule has 0 aromatic heterocycles. The van der Waals surface area contributed by atoms with Gasteiger partial charge in [-0.2, -0.15) is 0 Å². The predicted octanol–water partition coefficient (Wildman–Crippen LogP) is 1.82. The SMILES string of the molecule is O=C(NCCN1CCCC[C@@H]1CO)C1(c2ccccc2F)CC1. The van der Waals surface area contributed by atoms with Gasteiger partial charge in [-0.25, -0.2) is 4.39 Å². The molecule has 2 fully saturated rings. The van der Waals surface area contributed by atoms with Gasteiger partial charge in [0.05, 0.1) is 12.0 Å². The van der Waals surface area contributed by atoms with Gasteiger partial charge in [-0.1, -0.05) is 24.6 Å². The van der Waals surface area contributed by atoms with E-state index in [0.717, 1.165) is 32.4 Å². The third-order valence-corrected chi connectivity index (χ3v) is 5.22. The van der Waals surface area contributed by atoms with Gasteiger partial charge in [-0.05, 0) is 38.3 Å². The van der Waals surface area contributed by atoms with E-state index in [1.807, 2.05) is 0 Å². The third kappa shape index (κ3) is 3.40. The highest BCUT2D eigenvalue weighted by molar-refractivity contribution is 5.91. The van der Waals surface area contributed by atoms with E-state index in [4.69, 9.17) is 0 Å². The monoisotopic (exact) mass is 320 g/mol. The number of nitrogens with one attached hydrogen (secondary N) is 1. The second-order valence-electron chi connectivity index (χ2n) is 6.69. The number of carbonyl (C=O) groups excluding carboxylic acids is 1. The van der Waals surface area contributed by atoms with Crippen molar-refractivity contribution in [2.75, 3.05) is 26.2 Å². The molecule has 0 bridgehead atoms. The standard InChI is InChI=1S/C18H25FN2O2/c19-16-7-2-1-6-15(16)18(8-9-18)17(23)20-10-12-21-11-4-3-5-14(21)13-22/h1-2,6-7,14,22H,3-5,8-13H2,(H,20,23)/t14-/m1/s1. The Bertz CT molecular complexity index is 560. The van der Waals surface area contributed by atoms with Crippen LogP contribution in [-0.2, 0) is 10.2 Å². The van der Waals surface area contributed by atoms with Gasteiger partial charge in [0.25, 0.3) is 0 Å². The van der Waals surface area contributed by atoms with Crippen molar-refractivity contribution in [3.8, 4) is 0 Å². The van der Waals surface area contributed by atoms with Gasteiger partial charge in [-0.3, -0.25) is 9.69 Å². The molecule has 1 atom stereocenters. The molecule has 4 nitrogen and oxygen atoms in total. The lowest BCUT2D eigenvalue weighted by Gasteiger charge is -2.34. The Kier molecular flexibility index (Phi) is 4.97. The molecule has 3 rings (SSSR count). The van der Waals surface area contributed by atoms with Crippen LogP contribution in [0.3, 0.4) is 0 Å². The smallest absolute Gasteiger partial charge is 0.230 e. The molecule has 1 aromatic carbocycles. The summed E-state index contributed by atoms with van der Waals surface area (Å²) in [4.78, 5) is 14.8. The second kappa shape index (κ2) is 6.97. The summed E-state index contributed by atoms with van der Waals surface area (Å²) in [5.41, 5.74) is -0.146. The van der Waals surface area contributed by atoms with E-state index in [9.17, 15) is 14.3 Å². The summed E-state index contributed by atoms with van der Waals surface area (Å²) in [6.45, 7) is 2.43. The van der Waals surface area contributed by atoms with Crippen LogP contribution >= 0.6 is 0 Å². The molecule has 1 saturated heterocycles. The lowest BCUT2D eigenvalue weighted by molar-refractivity contribution is -0.123. The zero-order valence-electron chi connectivity index (χ0n) is 13.4. The summed E-state index contributed by atoms with van der Waals surface area (Å²) >= 11 is 0. The number of rotatable bonds is 6. The van der Waals surface area contributed by atoms with E-state index in [-0.39, 0.29) is 24.4 Å². The summed E-state index contributed by atoms with van der Waals surface area (Å²) in [6, 6.07) is 6.78. The summed E-state index contributed by atoms with van der Waals surface area (Å²) < 4.78 is 14.0. The van der Waals surface area contributed by atoms with Crippen LogP contribution < -0.4 is 5.32 Å². The second-order valence-corrected chi connectivity index (χ2v) is 6.69. The van der Waals surface area contributed by atoms with E-state index < -0.39 is 5.41 Å². The fourth-order valence-corrected chi connectivity index (χ4v) is 3.64. The van der Waals surface area contributed by atoms with Crippen LogP contribution in [0.2, 0.25) is 0 Å². The van der Waals surface area contributed by atoms with Gasteiger partial charge in [0.1, 0.15) is 5.82 Å². The van der Waals surface area contributed by atoms with E-state index in [2.05, 4.69) is 10.2 Å². The molecular weight excluding hydrogens is 295 g/mol. The van der Waals surface area contributed by atoms with Crippen molar-refractivity contribution in [3.05, 3.63) is 35.6 Å². The van der Waals surface area contributed by atoms with Gasteiger partial charge in [-0.15, -0.1) is 0 Å². The van der Waals surface area contributed by atoms with Crippen LogP contribution in [0.25, 0.3) is 0 Å². The number of benzene rings is 1. The summed E-state index contributed by atoms with van der Waals surface area (Å²) in [5, 5.41) is 12.4. The van der Waals surface area contributed by atoms with E-state index in [0.29, 0.717) is 24.9 Å². The molecule has 0 spiro atoms. The van der Waals surface area contributed by atoms with Gasteiger partial charge in [0.15, 0.2) is 0 Å². The molecule has 2 aliphatic rings. The molecule has 1 amide bonds. The Balaban J connectivity index is 1.55. The summed E-state index contributed by atoms with van der Waals surface area (Å²) in [7, 11) is 0. The average molecular weight is 320 g/mol.